The molecule has 0 aliphatic heterocycles. The molecule has 1 amide bonds. The van der Waals surface area contributed by atoms with Crippen LogP contribution in [0.25, 0.3) is 11.0 Å². The monoisotopic (exact) mass is 295 g/mol. The van der Waals surface area contributed by atoms with Crippen LogP contribution < -0.4 is 10.5 Å². The molecule has 0 radical (unpaired) electrons. The minimum atomic E-state index is -0.403. The number of carbonyl (C=O) groups excluding carboxylic acids is 1. The zero-order valence-corrected chi connectivity index (χ0v) is 12.3. The van der Waals surface area contributed by atoms with Crippen LogP contribution in [-0.4, -0.2) is 15.5 Å². The Bertz CT molecular complexity index is 824. The van der Waals surface area contributed by atoms with Gasteiger partial charge in [0.15, 0.2) is 0 Å². The number of ether oxygens (including phenoxy) is 1. The third kappa shape index (κ3) is 2.93. The predicted molar refractivity (Wildman–Crippen MR) is 84.4 cm³/mol. The smallest absolute Gasteiger partial charge is 0.237 e. The molecule has 0 saturated carbocycles. The van der Waals surface area contributed by atoms with Gasteiger partial charge in [0.25, 0.3) is 0 Å². The summed E-state index contributed by atoms with van der Waals surface area (Å²) < 4.78 is 7.59. The van der Waals surface area contributed by atoms with Crippen LogP contribution >= 0.6 is 0 Å². The largest absolute Gasteiger partial charge is 0.486 e. The molecule has 0 aliphatic carbocycles. The number of imidazole rings is 1. The van der Waals surface area contributed by atoms with Gasteiger partial charge in [0.05, 0.1) is 11.0 Å². The molecule has 22 heavy (non-hydrogen) atoms. The van der Waals surface area contributed by atoms with Crippen LogP contribution in [0.1, 0.15) is 11.4 Å². The Morgan fingerprint density at radius 1 is 1.23 bits per heavy atom. The number of aryl methyl sites for hydroxylation is 1. The highest BCUT2D eigenvalue weighted by Gasteiger charge is 2.12. The maximum Gasteiger partial charge on any atom is 0.237 e. The third-order valence-electron chi connectivity index (χ3n) is 3.41. The lowest BCUT2D eigenvalue weighted by molar-refractivity contribution is -0.118. The number of fused-ring (bicyclic) bond motifs is 1. The SMILES string of the molecule is Cc1cccc(OCc2nc3ccccc3n2CC(N)=O)c1. The normalized spacial score (nSPS) is 10.8. The van der Waals surface area contributed by atoms with Crippen molar-refractivity contribution in [3.05, 3.63) is 59.9 Å². The van der Waals surface area contributed by atoms with Crippen LogP contribution in [0.5, 0.6) is 5.75 Å². The summed E-state index contributed by atoms with van der Waals surface area (Å²) in [5, 5.41) is 0. The van der Waals surface area contributed by atoms with Gasteiger partial charge in [-0.1, -0.05) is 24.3 Å². The van der Waals surface area contributed by atoms with E-state index in [2.05, 4.69) is 4.98 Å². The minimum Gasteiger partial charge on any atom is -0.486 e. The van der Waals surface area contributed by atoms with E-state index in [1.165, 1.54) is 0 Å². The molecule has 5 heteroatoms. The van der Waals surface area contributed by atoms with Crippen molar-refractivity contribution in [1.82, 2.24) is 9.55 Å². The molecule has 1 heterocycles. The van der Waals surface area contributed by atoms with Crippen molar-refractivity contribution in [3.8, 4) is 5.75 Å². The van der Waals surface area contributed by atoms with E-state index in [-0.39, 0.29) is 13.2 Å². The van der Waals surface area contributed by atoms with Gasteiger partial charge in [-0.3, -0.25) is 4.79 Å². The summed E-state index contributed by atoms with van der Waals surface area (Å²) in [6.45, 7) is 2.38. The zero-order chi connectivity index (χ0) is 15.5. The molecule has 2 aromatic carbocycles. The molecule has 0 atom stereocenters. The zero-order valence-electron chi connectivity index (χ0n) is 12.3. The van der Waals surface area contributed by atoms with Gasteiger partial charge in [0.1, 0.15) is 24.7 Å². The maximum absolute atomic E-state index is 11.3. The van der Waals surface area contributed by atoms with Gasteiger partial charge in [-0.15, -0.1) is 0 Å². The number of nitrogens with zero attached hydrogens (tertiary/aromatic N) is 2. The van der Waals surface area contributed by atoms with Crippen molar-refractivity contribution in [3.63, 3.8) is 0 Å². The first-order chi connectivity index (χ1) is 10.6. The van der Waals surface area contributed by atoms with Gasteiger partial charge in [0, 0.05) is 0 Å². The lowest BCUT2D eigenvalue weighted by Gasteiger charge is -2.09. The van der Waals surface area contributed by atoms with E-state index in [0.717, 1.165) is 22.3 Å². The van der Waals surface area contributed by atoms with Crippen LogP contribution in [0.2, 0.25) is 0 Å². The van der Waals surface area contributed by atoms with Crippen molar-refractivity contribution < 1.29 is 9.53 Å². The number of primary amides is 1. The quantitative estimate of drug-likeness (QED) is 0.785. The highest BCUT2D eigenvalue weighted by atomic mass is 16.5. The molecule has 0 aliphatic rings. The van der Waals surface area contributed by atoms with E-state index in [0.29, 0.717) is 5.82 Å². The number of para-hydroxylation sites is 2. The summed E-state index contributed by atoms with van der Waals surface area (Å²) in [6, 6.07) is 15.5. The second kappa shape index (κ2) is 5.89. The summed E-state index contributed by atoms with van der Waals surface area (Å²) in [5.41, 5.74) is 8.17. The topological polar surface area (TPSA) is 70.1 Å². The first-order valence-corrected chi connectivity index (χ1v) is 7.05. The number of hydrogen-bond donors (Lipinski definition) is 1. The molecule has 1 aromatic heterocycles. The molecule has 0 spiro atoms. The fraction of sp³-hybridized carbons (Fsp3) is 0.176. The van der Waals surface area contributed by atoms with Gasteiger partial charge >= 0.3 is 0 Å². The first-order valence-electron chi connectivity index (χ1n) is 7.05. The highest BCUT2D eigenvalue weighted by Crippen LogP contribution is 2.19. The number of amides is 1. The number of aromatic nitrogens is 2. The van der Waals surface area contributed by atoms with Gasteiger partial charge in [0.2, 0.25) is 5.91 Å². The van der Waals surface area contributed by atoms with Crippen molar-refractivity contribution in [2.75, 3.05) is 0 Å². The van der Waals surface area contributed by atoms with Crippen molar-refractivity contribution in [1.29, 1.82) is 0 Å². The summed E-state index contributed by atoms with van der Waals surface area (Å²) in [4.78, 5) is 15.8. The number of hydrogen-bond acceptors (Lipinski definition) is 3. The molecule has 0 saturated heterocycles. The highest BCUT2D eigenvalue weighted by molar-refractivity contribution is 5.80. The summed E-state index contributed by atoms with van der Waals surface area (Å²) in [7, 11) is 0. The second-order valence-corrected chi connectivity index (χ2v) is 5.17. The predicted octanol–water partition coefficient (Wildman–Crippen LogP) is 2.41. The molecule has 2 N–H and O–H groups in total. The van der Waals surface area contributed by atoms with E-state index in [1.54, 1.807) is 4.57 Å². The van der Waals surface area contributed by atoms with Crippen LogP contribution in [0.4, 0.5) is 0 Å². The fourth-order valence-corrected chi connectivity index (χ4v) is 2.42. The molecule has 5 nitrogen and oxygen atoms in total. The van der Waals surface area contributed by atoms with Crippen molar-refractivity contribution >= 4 is 16.9 Å². The Labute approximate surface area is 128 Å². The molecular weight excluding hydrogens is 278 g/mol. The fourth-order valence-electron chi connectivity index (χ4n) is 2.42. The average Bonchev–Trinajstić information content (AvgIpc) is 2.83. The van der Waals surface area contributed by atoms with Crippen LogP contribution in [0.3, 0.4) is 0 Å². The number of benzene rings is 2. The van der Waals surface area contributed by atoms with Gasteiger partial charge in [-0.2, -0.15) is 0 Å². The minimum absolute atomic E-state index is 0.0903. The Morgan fingerprint density at radius 3 is 2.82 bits per heavy atom. The molecule has 0 unspecified atom stereocenters. The standard InChI is InChI=1S/C17H17N3O2/c1-12-5-4-6-13(9-12)22-11-17-19-14-7-2-3-8-15(14)20(17)10-16(18)21/h2-9H,10-11H2,1H3,(H2,18,21). The Hall–Kier alpha value is -2.82. The van der Waals surface area contributed by atoms with Crippen molar-refractivity contribution in [2.45, 2.75) is 20.1 Å². The summed E-state index contributed by atoms with van der Waals surface area (Å²) >= 11 is 0. The van der Waals surface area contributed by atoms with E-state index >= 15 is 0 Å². The molecule has 0 bridgehead atoms. The number of carbonyl (C=O) groups is 1. The lowest BCUT2D eigenvalue weighted by Crippen LogP contribution is -2.20. The molecule has 112 valence electrons. The van der Waals surface area contributed by atoms with Gasteiger partial charge in [-0.05, 0) is 36.8 Å². The van der Waals surface area contributed by atoms with Crippen LogP contribution in [0.15, 0.2) is 48.5 Å². The summed E-state index contributed by atoms with van der Waals surface area (Å²) in [5.74, 6) is 1.05. The molecule has 3 rings (SSSR count). The lowest BCUT2D eigenvalue weighted by atomic mass is 10.2. The Kier molecular flexibility index (Phi) is 3.78. The molecule has 0 fully saturated rings. The van der Waals surface area contributed by atoms with Gasteiger partial charge in [-0.25, -0.2) is 4.98 Å². The molecule has 3 aromatic rings. The second-order valence-electron chi connectivity index (χ2n) is 5.17. The Balaban J connectivity index is 1.90. The maximum atomic E-state index is 11.3. The number of nitrogens with two attached hydrogens (primary N) is 1. The first kappa shape index (κ1) is 14.1. The molecular formula is C17H17N3O2. The van der Waals surface area contributed by atoms with E-state index < -0.39 is 5.91 Å². The average molecular weight is 295 g/mol. The third-order valence-corrected chi connectivity index (χ3v) is 3.41. The van der Waals surface area contributed by atoms with Crippen molar-refractivity contribution in [2.24, 2.45) is 5.73 Å². The van der Waals surface area contributed by atoms with Gasteiger partial charge < -0.3 is 15.0 Å². The summed E-state index contributed by atoms with van der Waals surface area (Å²) in [6.07, 6.45) is 0. The van der Waals surface area contributed by atoms with Crippen LogP contribution in [-0.2, 0) is 17.9 Å². The van der Waals surface area contributed by atoms with Crippen LogP contribution in [0, 0.1) is 6.92 Å². The van der Waals surface area contributed by atoms with E-state index in [9.17, 15) is 4.79 Å². The van der Waals surface area contributed by atoms with E-state index in [4.69, 9.17) is 10.5 Å². The Morgan fingerprint density at radius 2 is 2.05 bits per heavy atom. The number of rotatable bonds is 5. The van der Waals surface area contributed by atoms with E-state index in [1.807, 2.05) is 55.5 Å².